The van der Waals surface area contributed by atoms with Crippen molar-refractivity contribution in [3.8, 4) is 0 Å². The van der Waals surface area contributed by atoms with Gasteiger partial charge >= 0.3 is 0 Å². The fourth-order valence-electron chi connectivity index (χ4n) is 2.09. The highest BCUT2D eigenvalue weighted by molar-refractivity contribution is 5.93. The van der Waals surface area contributed by atoms with Crippen LogP contribution in [0.3, 0.4) is 0 Å². The minimum atomic E-state index is -1.20. The first-order valence-corrected chi connectivity index (χ1v) is 5.13. The molecule has 0 saturated heterocycles. The minimum Gasteiger partial charge on any atom is -0.281 e. The SMILES string of the molecule is CC(=O)N1c2ccccc2C[C@H](C)[C@@H]1F. The summed E-state index contributed by atoms with van der Waals surface area (Å²) in [5.41, 5.74) is 1.77. The van der Waals surface area contributed by atoms with Crippen molar-refractivity contribution in [2.24, 2.45) is 5.92 Å². The van der Waals surface area contributed by atoms with E-state index in [2.05, 4.69) is 0 Å². The largest absolute Gasteiger partial charge is 0.281 e. The van der Waals surface area contributed by atoms with Gasteiger partial charge in [-0.2, -0.15) is 0 Å². The molecule has 2 nitrogen and oxygen atoms in total. The number of carbonyl (C=O) groups excluding carboxylic acids is 1. The molecule has 0 radical (unpaired) electrons. The predicted octanol–water partition coefficient (Wildman–Crippen LogP) is 2.53. The number of fused-ring (bicyclic) bond motifs is 1. The summed E-state index contributed by atoms with van der Waals surface area (Å²) >= 11 is 0. The van der Waals surface area contributed by atoms with Gasteiger partial charge in [-0.05, 0) is 18.1 Å². The first-order valence-electron chi connectivity index (χ1n) is 5.13. The van der Waals surface area contributed by atoms with Gasteiger partial charge in [-0.25, -0.2) is 4.39 Å². The zero-order chi connectivity index (χ0) is 11.0. The van der Waals surface area contributed by atoms with Crippen LogP contribution in [0.5, 0.6) is 0 Å². The Balaban J connectivity index is 2.49. The lowest BCUT2D eigenvalue weighted by Gasteiger charge is -2.35. The fourth-order valence-corrected chi connectivity index (χ4v) is 2.09. The molecule has 0 saturated carbocycles. The molecule has 0 aromatic heterocycles. The molecule has 3 heteroatoms. The Morgan fingerprint density at radius 2 is 2.13 bits per heavy atom. The molecule has 0 N–H and O–H groups in total. The van der Waals surface area contributed by atoms with Gasteiger partial charge in [0.2, 0.25) is 5.91 Å². The van der Waals surface area contributed by atoms with E-state index in [-0.39, 0.29) is 11.8 Å². The molecule has 0 bridgehead atoms. The van der Waals surface area contributed by atoms with Gasteiger partial charge in [-0.1, -0.05) is 25.1 Å². The van der Waals surface area contributed by atoms with Crippen LogP contribution in [0.2, 0.25) is 0 Å². The maximum absolute atomic E-state index is 13.9. The standard InChI is InChI=1S/C12H14FNO/c1-8-7-10-5-3-4-6-11(10)14(9(2)15)12(8)13/h3-6,8,12H,7H2,1-2H3/t8-,12+/m0/s1. The third-order valence-electron chi connectivity index (χ3n) is 2.85. The van der Waals surface area contributed by atoms with Crippen LogP contribution in [-0.4, -0.2) is 12.2 Å². The molecule has 0 aliphatic carbocycles. The van der Waals surface area contributed by atoms with E-state index in [0.717, 1.165) is 11.3 Å². The van der Waals surface area contributed by atoms with E-state index in [1.54, 1.807) is 6.07 Å². The molecule has 1 aromatic rings. The second-order valence-corrected chi connectivity index (χ2v) is 4.07. The highest BCUT2D eigenvalue weighted by Crippen LogP contribution is 2.34. The molecule has 80 valence electrons. The van der Waals surface area contributed by atoms with Crippen LogP contribution >= 0.6 is 0 Å². The van der Waals surface area contributed by atoms with Crippen molar-refractivity contribution in [2.75, 3.05) is 4.90 Å². The van der Waals surface area contributed by atoms with E-state index in [9.17, 15) is 9.18 Å². The maximum Gasteiger partial charge on any atom is 0.226 e. The van der Waals surface area contributed by atoms with Gasteiger partial charge in [0.25, 0.3) is 0 Å². The highest BCUT2D eigenvalue weighted by atomic mass is 19.1. The second-order valence-electron chi connectivity index (χ2n) is 4.07. The van der Waals surface area contributed by atoms with Crippen LogP contribution in [0.15, 0.2) is 24.3 Å². The number of para-hydroxylation sites is 1. The summed E-state index contributed by atoms with van der Waals surface area (Å²) in [4.78, 5) is 12.7. The normalized spacial score (nSPS) is 24.9. The third-order valence-corrected chi connectivity index (χ3v) is 2.85. The van der Waals surface area contributed by atoms with Gasteiger partial charge < -0.3 is 0 Å². The first kappa shape index (κ1) is 10.1. The molecule has 0 spiro atoms. The maximum atomic E-state index is 13.9. The molecule has 1 aliphatic heterocycles. The summed E-state index contributed by atoms with van der Waals surface area (Å²) in [6, 6.07) is 7.50. The van der Waals surface area contributed by atoms with Gasteiger partial charge in [0.15, 0.2) is 6.30 Å². The Labute approximate surface area is 88.7 Å². The van der Waals surface area contributed by atoms with Crippen molar-refractivity contribution >= 4 is 11.6 Å². The van der Waals surface area contributed by atoms with E-state index in [1.165, 1.54) is 11.8 Å². The number of amides is 1. The molecular formula is C12H14FNO. The second kappa shape index (κ2) is 3.65. The number of hydrogen-bond donors (Lipinski definition) is 0. The molecule has 1 heterocycles. The van der Waals surface area contributed by atoms with Crippen LogP contribution in [-0.2, 0) is 11.2 Å². The quantitative estimate of drug-likeness (QED) is 0.599. The monoisotopic (exact) mass is 207 g/mol. The highest BCUT2D eigenvalue weighted by Gasteiger charge is 2.33. The van der Waals surface area contributed by atoms with Crippen molar-refractivity contribution in [2.45, 2.75) is 26.6 Å². The molecule has 0 fully saturated rings. The fraction of sp³-hybridized carbons (Fsp3) is 0.417. The Kier molecular flexibility index (Phi) is 2.47. The number of nitrogens with zero attached hydrogens (tertiary/aromatic N) is 1. The van der Waals surface area contributed by atoms with Crippen LogP contribution in [0.4, 0.5) is 10.1 Å². The van der Waals surface area contributed by atoms with E-state index in [4.69, 9.17) is 0 Å². The number of carbonyl (C=O) groups is 1. The van der Waals surface area contributed by atoms with Gasteiger partial charge in [0.05, 0.1) is 0 Å². The predicted molar refractivity (Wildman–Crippen MR) is 57.4 cm³/mol. The number of anilines is 1. The number of halogens is 1. The van der Waals surface area contributed by atoms with Gasteiger partial charge in [0, 0.05) is 18.5 Å². The molecule has 2 atom stereocenters. The Bertz CT molecular complexity index is 391. The summed E-state index contributed by atoms with van der Waals surface area (Å²) < 4.78 is 13.9. The average molecular weight is 207 g/mol. The smallest absolute Gasteiger partial charge is 0.226 e. The molecule has 1 amide bonds. The molecular weight excluding hydrogens is 193 g/mol. The lowest BCUT2D eigenvalue weighted by atomic mass is 9.93. The van der Waals surface area contributed by atoms with E-state index in [0.29, 0.717) is 6.42 Å². The molecule has 1 aliphatic rings. The third kappa shape index (κ3) is 1.62. The lowest BCUT2D eigenvalue weighted by Crippen LogP contribution is -2.44. The van der Waals surface area contributed by atoms with Crippen LogP contribution in [0, 0.1) is 5.92 Å². The lowest BCUT2D eigenvalue weighted by molar-refractivity contribution is -0.118. The summed E-state index contributed by atoms with van der Waals surface area (Å²) in [6.07, 6.45) is -0.501. The Morgan fingerprint density at radius 1 is 1.47 bits per heavy atom. The Hall–Kier alpha value is -1.38. The molecule has 15 heavy (non-hydrogen) atoms. The van der Waals surface area contributed by atoms with E-state index < -0.39 is 6.30 Å². The van der Waals surface area contributed by atoms with E-state index in [1.807, 2.05) is 25.1 Å². The average Bonchev–Trinajstić information content (AvgIpc) is 2.19. The van der Waals surface area contributed by atoms with Gasteiger partial charge in [0.1, 0.15) is 0 Å². The number of hydrogen-bond acceptors (Lipinski definition) is 1. The summed E-state index contributed by atoms with van der Waals surface area (Å²) in [5, 5.41) is 0. The molecule has 2 rings (SSSR count). The number of benzene rings is 1. The van der Waals surface area contributed by atoms with Crippen LogP contribution < -0.4 is 4.90 Å². The zero-order valence-electron chi connectivity index (χ0n) is 8.90. The molecule has 1 aromatic carbocycles. The van der Waals surface area contributed by atoms with Crippen molar-refractivity contribution in [3.05, 3.63) is 29.8 Å². The van der Waals surface area contributed by atoms with Crippen molar-refractivity contribution in [3.63, 3.8) is 0 Å². The van der Waals surface area contributed by atoms with Crippen LogP contribution in [0.25, 0.3) is 0 Å². The van der Waals surface area contributed by atoms with Crippen LogP contribution in [0.1, 0.15) is 19.4 Å². The summed E-state index contributed by atoms with van der Waals surface area (Å²) in [5.74, 6) is -0.370. The molecule has 0 unspecified atom stereocenters. The van der Waals surface area contributed by atoms with Gasteiger partial charge in [-0.15, -0.1) is 0 Å². The van der Waals surface area contributed by atoms with Crippen molar-refractivity contribution < 1.29 is 9.18 Å². The number of alkyl halides is 1. The summed E-state index contributed by atoms with van der Waals surface area (Å²) in [6.45, 7) is 3.23. The Morgan fingerprint density at radius 3 is 2.80 bits per heavy atom. The van der Waals surface area contributed by atoms with Crippen molar-refractivity contribution in [1.29, 1.82) is 0 Å². The van der Waals surface area contributed by atoms with E-state index >= 15 is 0 Å². The number of rotatable bonds is 0. The van der Waals surface area contributed by atoms with Crippen molar-refractivity contribution in [1.82, 2.24) is 0 Å². The minimum absolute atomic E-state index is 0.135. The topological polar surface area (TPSA) is 20.3 Å². The zero-order valence-corrected chi connectivity index (χ0v) is 8.90. The first-order chi connectivity index (χ1) is 7.11. The summed E-state index contributed by atoms with van der Waals surface area (Å²) in [7, 11) is 0. The van der Waals surface area contributed by atoms with Gasteiger partial charge in [-0.3, -0.25) is 9.69 Å².